The summed E-state index contributed by atoms with van der Waals surface area (Å²) in [5.74, 6) is -2.17. The summed E-state index contributed by atoms with van der Waals surface area (Å²) in [7, 11) is 0. The van der Waals surface area contributed by atoms with Crippen LogP contribution >= 0.6 is 11.6 Å². The molecule has 0 amide bonds. The Hall–Kier alpha value is -2.53. The molecular weight excluding hydrogens is 443 g/mol. The van der Waals surface area contributed by atoms with E-state index in [0.29, 0.717) is 30.8 Å². The summed E-state index contributed by atoms with van der Waals surface area (Å²) in [6.45, 7) is 1.08. The Labute approximate surface area is 178 Å². The van der Waals surface area contributed by atoms with Gasteiger partial charge in [-0.1, -0.05) is 6.07 Å². The fraction of sp³-hybridized carbons (Fsp3) is 0.421. The fourth-order valence-corrected chi connectivity index (χ4v) is 4.20. The first-order valence-electron chi connectivity index (χ1n) is 9.56. The van der Waals surface area contributed by atoms with E-state index in [1.165, 1.54) is 23.0 Å². The zero-order chi connectivity index (χ0) is 22.0. The molecule has 4 heterocycles. The van der Waals surface area contributed by atoms with Crippen LogP contribution in [-0.2, 0) is 6.18 Å². The molecule has 1 aromatic carbocycles. The fourth-order valence-electron chi connectivity index (χ4n) is 4.04. The molecule has 6 nitrogen and oxygen atoms in total. The van der Waals surface area contributed by atoms with Crippen LogP contribution < -0.4 is 4.90 Å². The second kappa shape index (κ2) is 6.99. The summed E-state index contributed by atoms with van der Waals surface area (Å²) in [4.78, 5) is 12.1. The quantitative estimate of drug-likeness (QED) is 0.438. The summed E-state index contributed by atoms with van der Waals surface area (Å²) >= 11 is 6.09. The van der Waals surface area contributed by atoms with Crippen molar-refractivity contribution in [3.63, 3.8) is 0 Å². The van der Waals surface area contributed by atoms with E-state index in [1.807, 2.05) is 4.90 Å². The van der Waals surface area contributed by atoms with E-state index in [9.17, 15) is 22.0 Å². The first-order chi connectivity index (χ1) is 14.6. The number of alkyl halides is 5. The number of likely N-dealkylation sites (tertiary alicyclic amines) is 1. The molecule has 0 N–H and O–H groups in total. The number of benzene rings is 1. The summed E-state index contributed by atoms with van der Waals surface area (Å²) in [5.41, 5.74) is -0.348. The molecule has 0 spiro atoms. The highest BCUT2D eigenvalue weighted by Gasteiger charge is 2.44. The topological polar surface area (TPSA) is 50.1 Å². The van der Waals surface area contributed by atoms with Gasteiger partial charge in [-0.2, -0.15) is 28.2 Å². The SMILES string of the molecule is FC1(F)CCN(C2CN(c3nc(Cl)nc4c3cnn4-c3cccc(C(F)(F)F)c3)C2)C1. The molecule has 5 rings (SSSR count). The van der Waals surface area contributed by atoms with Gasteiger partial charge in [-0.05, 0) is 29.8 Å². The third-order valence-corrected chi connectivity index (χ3v) is 5.85. The monoisotopic (exact) mass is 458 g/mol. The van der Waals surface area contributed by atoms with Crippen molar-refractivity contribution in [3.8, 4) is 5.69 Å². The van der Waals surface area contributed by atoms with Gasteiger partial charge in [-0.15, -0.1) is 0 Å². The van der Waals surface area contributed by atoms with Crippen molar-refractivity contribution in [1.29, 1.82) is 0 Å². The number of hydrogen-bond donors (Lipinski definition) is 0. The van der Waals surface area contributed by atoms with Crippen molar-refractivity contribution in [2.24, 2.45) is 0 Å². The van der Waals surface area contributed by atoms with Crippen LogP contribution in [-0.4, -0.2) is 62.8 Å². The lowest BCUT2D eigenvalue weighted by molar-refractivity contribution is -0.137. The second-order valence-corrected chi connectivity index (χ2v) is 8.13. The minimum atomic E-state index is -4.49. The lowest BCUT2D eigenvalue weighted by Gasteiger charge is -2.44. The minimum absolute atomic E-state index is 0.0179. The predicted molar refractivity (Wildman–Crippen MR) is 104 cm³/mol. The van der Waals surface area contributed by atoms with E-state index in [0.717, 1.165) is 12.1 Å². The number of anilines is 1. The first kappa shape index (κ1) is 20.4. The molecular formula is C19H16ClF5N6. The third kappa shape index (κ3) is 3.69. The maximum absolute atomic E-state index is 13.5. The van der Waals surface area contributed by atoms with E-state index in [1.54, 1.807) is 4.90 Å². The van der Waals surface area contributed by atoms with Gasteiger partial charge in [0, 0.05) is 32.1 Å². The average molecular weight is 459 g/mol. The molecule has 2 aromatic heterocycles. The molecule has 2 saturated heterocycles. The zero-order valence-corrected chi connectivity index (χ0v) is 16.7. The molecule has 0 bridgehead atoms. The van der Waals surface area contributed by atoms with Crippen molar-refractivity contribution in [2.75, 3.05) is 31.1 Å². The average Bonchev–Trinajstić information content (AvgIpc) is 3.23. The summed E-state index contributed by atoms with van der Waals surface area (Å²) < 4.78 is 67.5. The van der Waals surface area contributed by atoms with Crippen molar-refractivity contribution in [1.82, 2.24) is 24.6 Å². The molecule has 31 heavy (non-hydrogen) atoms. The van der Waals surface area contributed by atoms with E-state index in [2.05, 4.69) is 15.1 Å². The van der Waals surface area contributed by atoms with Crippen LogP contribution in [0.3, 0.4) is 0 Å². The summed E-state index contributed by atoms with van der Waals surface area (Å²) in [5, 5.41) is 4.64. The molecule has 2 aliphatic rings. The number of hydrogen-bond acceptors (Lipinski definition) is 5. The van der Waals surface area contributed by atoms with E-state index in [4.69, 9.17) is 11.6 Å². The molecule has 164 valence electrons. The molecule has 0 aliphatic carbocycles. The van der Waals surface area contributed by atoms with Crippen LogP contribution in [0.5, 0.6) is 0 Å². The van der Waals surface area contributed by atoms with Crippen LogP contribution in [0.25, 0.3) is 16.7 Å². The third-order valence-electron chi connectivity index (χ3n) is 5.68. The Bertz CT molecular complexity index is 1140. The van der Waals surface area contributed by atoms with Crippen molar-refractivity contribution < 1.29 is 22.0 Å². The normalized spacial score (nSPS) is 19.9. The Kier molecular flexibility index (Phi) is 4.60. The van der Waals surface area contributed by atoms with Crippen molar-refractivity contribution >= 4 is 28.5 Å². The number of rotatable bonds is 3. The maximum Gasteiger partial charge on any atom is 0.416 e. The van der Waals surface area contributed by atoms with Gasteiger partial charge in [0.05, 0.1) is 29.4 Å². The van der Waals surface area contributed by atoms with Gasteiger partial charge >= 0.3 is 6.18 Å². The van der Waals surface area contributed by atoms with Crippen LogP contribution in [0.4, 0.5) is 27.8 Å². The number of fused-ring (bicyclic) bond motifs is 1. The lowest BCUT2D eigenvalue weighted by atomic mass is 10.1. The van der Waals surface area contributed by atoms with Crippen LogP contribution in [0.1, 0.15) is 12.0 Å². The van der Waals surface area contributed by atoms with Gasteiger partial charge in [0.15, 0.2) is 5.65 Å². The van der Waals surface area contributed by atoms with Crippen LogP contribution in [0, 0.1) is 0 Å². The number of halogens is 6. The van der Waals surface area contributed by atoms with Gasteiger partial charge in [0.1, 0.15) is 5.82 Å². The molecule has 0 atom stereocenters. The predicted octanol–water partition coefficient (Wildman–Crippen LogP) is 4.02. The van der Waals surface area contributed by atoms with Gasteiger partial charge in [0.2, 0.25) is 5.28 Å². The minimum Gasteiger partial charge on any atom is -0.353 e. The zero-order valence-electron chi connectivity index (χ0n) is 16.0. The molecule has 12 heteroatoms. The van der Waals surface area contributed by atoms with Gasteiger partial charge in [-0.3, -0.25) is 4.90 Å². The molecule has 2 fully saturated rings. The highest BCUT2D eigenvalue weighted by molar-refractivity contribution is 6.28. The molecule has 0 radical (unpaired) electrons. The van der Waals surface area contributed by atoms with Gasteiger partial charge < -0.3 is 4.90 Å². The van der Waals surface area contributed by atoms with Crippen LogP contribution in [0.2, 0.25) is 5.28 Å². The molecule has 0 unspecified atom stereocenters. The number of nitrogens with zero attached hydrogens (tertiary/aromatic N) is 6. The highest BCUT2D eigenvalue weighted by atomic mass is 35.5. The standard InChI is InChI=1S/C19H16ClF5N6/c20-17-27-15(30-8-13(9-30)29-5-4-18(21,22)10-29)14-7-26-31(16(14)28-17)12-3-1-2-11(6-12)19(23,24)25/h1-3,6-7,13H,4-5,8-10H2. The van der Waals surface area contributed by atoms with E-state index in [-0.39, 0.29) is 35.6 Å². The Morgan fingerprint density at radius 1 is 1.13 bits per heavy atom. The smallest absolute Gasteiger partial charge is 0.353 e. The van der Waals surface area contributed by atoms with Gasteiger partial charge in [-0.25, -0.2) is 13.5 Å². The molecule has 3 aromatic rings. The Balaban J connectivity index is 1.44. The second-order valence-electron chi connectivity index (χ2n) is 7.79. The van der Waals surface area contributed by atoms with E-state index >= 15 is 0 Å². The Morgan fingerprint density at radius 3 is 2.58 bits per heavy atom. The molecule has 2 aliphatic heterocycles. The Morgan fingerprint density at radius 2 is 1.90 bits per heavy atom. The van der Waals surface area contributed by atoms with E-state index < -0.39 is 17.7 Å². The lowest BCUT2D eigenvalue weighted by Crippen LogP contribution is -2.59. The largest absolute Gasteiger partial charge is 0.416 e. The maximum atomic E-state index is 13.5. The van der Waals surface area contributed by atoms with Crippen molar-refractivity contribution in [2.45, 2.75) is 24.6 Å². The highest BCUT2D eigenvalue weighted by Crippen LogP contribution is 2.35. The number of aromatic nitrogens is 4. The van der Waals surface area contributed by atoms with Gasteiger partial charge in [0.25, 0.3) is 5.92 Å². The van der Waals surface area contributed by atoms with Crippen molar-refractivity contribution in [3.05, 3.63) is 41.3 Å². The summed E-state index contributed by atoms with van der Waals surface area (Å²) in [6.07, 6.45) is -3.16. The molecule has 0 saturated carbocycles. The summed E-state index contributed by atoms with van der Waals surface area (Å²) in [6, 6.07) is 4.72. The van der Waals surface area contributed by atoms with Crippen LogP contribution in [0.15, 0.2) is 30.5 Å². The first-order valence-corrected chi connectivity index (χ1v) is 9.94.